The number of esters is 1. The van der Waals surface area contributed by atoms with E-state index < -0.39 is 42.8 Å². The summed E-state index contributed by atoms with van der Waals surface area (Å²) in [6, 6.07) is 24.9. The second kappa shape index (κ2) is 23.5. The molecule has 1 saturated heterocycles. The highest BCUT2D eigenvalue weighted by molar-refractivity contribution is 6.99. The highest BCUT2D eigenvalue weighted by Gasteiger charge is 2.52. The number of aliphatic hydroxyl groups is 1. The molecule has 0 spiro atoms. The maximum Gasteiger partial charge on any atom is 0.309 e. The van der Waals surface area contributed by atoms with Gasteiger partial charge in [0.2, 0.25) is 8.32 Å². The van der Waals surface area contributed by atoms with Gasteiger partial charge in [-0.05, 0) is 103 Å². The van der Waals surface area contributed by atoms with E-state index in [4.69, 9.17) is 22.8 Å². The molecule has 1 heterocycles. The van der Waals surface area contributed by atoms with Crippen molar-refractivity contribution in [2.24, 2.45) is 5.92 Å². The molecule has 10 heteroatoms. The van der Waals surface area contributed by atoms with Gasteiger partial charge in [-0.1, -0.05) is 162 Å². The molecule has 1 aliphatic heterocycles. The maximum absolute atomic E-state index is 13.2. The fraction of sp³-hybridized carbons (Fsp3) is 0.712. The van der Waals surface area contributed by atoms with Gasteiger partial charge < -0.3 is 27.9 Å². The predicted octanol–water partition coefficient (Wildman–Crippen LogP) is 12.5. The first-order valence-electron chi connectivity index (χ1n) is 24.2. The van der Waals surface area contributed by atoms with Crippen LogP contribution in [0.4, 0.5) is 0 Å². The molecule has 0 saturated carbocycles. The standard InChI is InChI=1S/C52H90O7Si3/c1-18-60(19-2,20-3)59-48-35-44(56-49(48)37-55-62(52(15,16)17,46-27-23-21-24-28-46)47-29-25-22-26-30-47)33-41(10)31-43(53)32-42(11)34-45(36-50(54)57-51(12,13)14)58-61(38(4)5,39(6)7)40(8)9/h21-30,34,38-41,43-45,48-49,53H,18-20,31-33,35-37H2,1-17H3/b42-34-/t41-,43+,44-,45+,48+,49-/m1/s1. The Labute approximate surface area is 382 Å². The van der Waals surface area contributed by atoms with Crippen molar-refractivity contribution in [2.75, 3.05) is 6.61 Å². The van der Waals surface area contributed by atoms with Crippen LogP contribution in [0.2, 0.25) is 39.8 Å². The van der Waals surface area contributed by atoms with Crippen LogP contribution in [0.1, 0.15) is 150 Å². The van der Waals surface area contributed by atoms with Crippen LogP contribution in [-0.4, -0.2) is 78.8 Å². The van der Waals surface area contributed by atoms with Gasteiger partial charge in [0, 0.05) is 6.42 Å². The molecule has 7 nitrogen and oxygen atoms in total. The highest BCUT2D eigenvalue weighted by Crippen LogP contribution is 2.44. The van der Waals surface area contributed by atoms with Crippen molar-refractivity contribution in [1.82, 2.24) is 0 Å². The van der Waals surface area contributed by atoms with E-state index in [1.807, 2.05) is 20.8 Å². The lowest BCUT2D eigenvalue weighted by Gasteiger charge is -2.44. The SMILES string of the molecule is CC[Si](CC)(CC)O[C@H]1C[C@@H](C[C@H](C)C[C@H](O)C/C(C)=C\[C@@H](CC(=O)OC(C)(C)C)O[Si](C(C)C)(C(C)C)C(C)C)O[C@@H]1CO[Si](c1ccccc1)(c1ccccc1)C(C)(C)C. The number of hydrogen-bond donors (Lipinski definition) is 1. The van der Waals surface area contributed by atoms with Crippen molar-refractivity contribution < 1.29 is 32.7 Å². The molecule has 0 unspecified atom stereocenters. The van der Waals surface area contributed by atoms with Crippen molar-refractivity contribution in [1.29, 1.82) is 0 Å². The Hall–Kier alpha value is -1.90. The lowest BCUT2D eigenvalue weighted by Crippen LogP contribution is -2.67. The van der Waals surface area contributed by atoms with E-state index in [-0.39, 0.29) is 41.7 Å². The predicted molar refractivity (Wildman–Crippen MR) is 268 cm³/mol. The van der Waals surface area contributed by atoms with Crippen LogP contribution in [0, 0.1) is 5.92 Å². The van der Waals surface area contributed by atoms with Gasteiger partial charge in [0.25, 0.3) is 8.32 Å². The lowest BCUT2D eigenvalue weighted by atomic mass is 9.93. The quantitative estimate of drug-likeness (QED) is 0.0638. The Morgan fingerprint density at radius 2 is 1.31 bits per heavy atom. The van der Waals surface area contributed by atoms with E-state index in [2.05, 4.69) is 164 Å². The summed E-state index contributed by atoms with van der Waals surface area (Å²) >= 11 is 0. The summed E-state index contributed by atoms with van der Waals surface area (Å²) in [7, 11) is -7.04. The second-order valence-corrected chi connectivity index (χ2v) is 36.1. The van der Waals surface area contributed by atoms with Crippen molar-refractivity contribution in [3.63, 3.8) is 0 Å². The van der Waals surface area contributed by atoms with Gasteiger partial charge in [-0.2, -0.15) is 0 Å². The minimum atomic E-state index is -2.78. The molecule has 1 fully saturated rings. The number of carbonyl (C=O) groups excluding carboxylic acids is 1. The van der Waals surface area contributed by atoms with Gasteiger partial charge in [0.05, 0.1) is 37.4 Å². The van der Waals surface area contributed by atoms with E-state index in [0.717, 1.165) is 36.5 Å². The summed E-state index contributed by atoms with van der Waals surface area (Å²) in [6.07, 6.45) is 3.94. The maximum atomic E-state index is 13.2. The van der Waals surface area contributed by atoms with Gasteiger partial charge in [-0.3, -0.25) is 4.79 Å². The molecular weight excluding hydrogens is 821 g/mol. The first-order chi connectivity index (χ1) is 28.9. The first-order valence-corrected chi connectivity index (χ1v) is 30.8. The summed E-state index contributed by atoms with van der Waals surface area (Å²) in [5.74, 6) is -0.0345. The summed E-state index contributed by atoms with van der Waals surface area (Å²) < 4.78 is 34.7. The minimum absolute atomic E-state index is 0.0108. The normalized spacial score (nSPS) is 20.0. The van der Waals surface area contributed by atoms with Crippen molar-refractivity contribution >= 4 is 41.3 Å². The van der Waals surface area contributed by atoms with Crippen LogP contribution < -0.4 is 10.4 Å². The molecule has 2 aromatic carbocycles. The Morgan fingerprint density at radius 3 is 1.74 bits per heavy atom. The number of benzene rings is 2. The van der Waals surface area contributed by atoms with Crippen LogP contribution in [0.5, 0.6) is 0 Å². The van der Waals surface area contributed by atoms with Gasteiger partial charge in [-0.15, -0.1) is 0 Å². The third-order valence-corrected chi connectivity index (χ3v) is 29.5. The van der Waals surface area contributed by atoms with Crippen LogP contribution in [0.3, 0.4) is 0 Å². The fourth-order valence-corrected chi connectivity index (χ4v) is 23.7. The average Bonchev–Trinajstić information content (AvgIpc) is 3.54. The van der Waals surface area contributed by atoms with Crippen molar-refractivity contribution in [3.05, 3.63) is 72.3 Å². The Kier molecular flexibility index (Phi) is 20.6. The topological polar surface area (TPSA) is 83.5 Å². The number of hydrogen-bond acceptors (Lipinski definition) is 7. The molecule has 3 rings (SSSR count). The summed E-state index contributed by atoms with van der Waals surface area (Å²) in [5.41, 5.74) is 1.58. The van der Waals surface area contributed by atoms with Gasteiger partial charge in [0.15, 0.2) is 8.32 Å². The molecular formula is C52H90O7Si3. The zero-order chi connectivity index (χ0) is 46.7. The Morgan fingerprint density at radius 1 is 0.806 bits per heavy atom. The van der Waals surface area contributed by atoms with E-state index in [1.54, 1.807) is 0 Å². The van der Waals surface area contributed by atoms with E-state index in [1.165, 1.54) is 10.4 Å². The average molecular weight is 912 g/mol. The van der Waals surface area contributed by atoms with E-state index in [9.17, 15) is 9.90 Å². The molecule has 6 atom stereocenters. The second-order valence-electron chi connectivity index (χ2n) is 21.6. The molecule has 0 aromatic heterocycles. The summed E-state index contributed by atoms with van der Waals surface area (Å²) in [4.78, 5) is 13.2. The van der Waals surface area contributed by atoms with Crippen molar-refractivity contribution in [2.45, 2.75) is 226 Å². The van der Waals surface area contributed by atoms with Crippen LogP contribution in [0.15, 0.2) is 72.3 Å². The number of carbonyl (C=O) groups is 1. The third kappa shape index (κ3) is 14.3. The van der Waals surface area contributed by atoms with Gasteiger partial charge in [0.1, 0.15) is 11.7 Å². The smallest absolute Gasteiger partial charge is 0.309 e. The Balaban J connectivity index is 1.84. The summed E-state index contributed by atoms with van der Waals surface area (Å²) in [6.45, 7) is 37.9. The molecule has 352 valence electrons. The molecule has 62 heavy (non-hydrogen) atoms. The van der Waals surface area contributed by atoms with Crippen LogP contribution >= 0.6 is 0 Å². The van der Waals surface area contributed by atoms with Gasteiger partial charge >= 0.3 is 5.97 Å². The lowest BCUT2D eigenvalue weighted by molar-refractivity contribution is -0.156. The molecule has 0 amide bonds. The first kappa shape index (κ1) is 54.4. The Bertz CT molecular complexity index is 1580. The number of rotatable bonds is 24. The minimum Gasteiger partial charge on any atom is -0.460 e. The van der Waals surface area contributed by atoms with Crippen LogP contribution in [0.25, 0.3) is 0 Å². The monoisotopic (exact) mass is 911 g/mol. The molecule has 1 N–H and O–H groups in total. The molecule has 0 radical (unpaired) electrons. The molecule has 1 aliphatic rings. The van der Waals surface area contributed by atoms with Crippen LogP contribution in [-0.2, 0) is 27.5 Å². The third-order valence-electron chi connectivity index (χ3n) is 13.7. The molecule has 0 aliphatic carbocycles. The molecule has 0 bridgehead atoms. The van der Waals surface area contributed by atoms with Crippen molar-refractivity contribution in [3.8, 4) is 0 Å². The fourth-order valence-electron chi connectivity index (χ4n) is 10.7. The van der Waals surface area contributed by atoms with E-state index >= 15 is 0 Å². The summed E-state index contributed by atoms with van der Waals surface area (Å²) in [5, 5.41) is 14.0. The zero-order valence-electron chi connectivity index (χ0n) is 42.3. The highest BCUT2D eigenvalue weighted by atomic mass is 28.4. The van der Waals surface area contributed by atoms with Gasteiger partial charge in [-0.25, -0.2) is 0 Å². The zero-order valence-corrected chi connectivity index (χ0v) is 45.3. The van der Waals surface area contributed by atoms with E-state index in [0.29, 0.717) is 36.1 Å². The molecule has 2 aromatic rings. The number of aliphatic hydroxyl groups excluding tert-OH is 1. The number of ether oxygens (including phenoxy) is 2. The largest absolute Gasteiger partial charge is 0.460 e.